The Morgan fingerprint density at radius 2 is 1.55 bits per heavy atom. The Morgan fingerprint density at radius 1 is 1.05 bits per heavy atom. The monoisotopic (exact) mass is 314 g/mol. The fraction of sp³-hybridized carbons (Fsp3) is 0.625. The highest BCUT2D eigenvalue weighted by Crippen LogP contribution is 2.43. The van der Waals surface area contributed by atoms with Crippen molar-refractivity contribution < 1.29 is 9.53 Å². The lowest BCUT2D eigenvalue weighted by molar-refractivity contribution is 0.282. The van der Waals surface area contributed by atoms with Crippen LogP contribution in [0, 0.1) is 0 Å². The van der Waals surface area contributed by atoms with E-state index in [2.05, 4.69) is 41.5 Å². The van der Waals surface area contributed by atoms with Crippen LogP contribution in [0.2, 0.25) is 21.6 Å². The van der Waals surface area contributed by atoms with E-state index in [1.165, 1.54) is 0 Å². The molecule has 4 heteroatoms. The third-order valence-corrected chi connectivity index (χ3v) is 10.6. The molecule has 0 bridgehead atoms. The summed E-state index contributed by atoms with van der Waals surface area (Å²) >= 11 is 6.17. The molecule has 20 heavy (non-hydrogen) atoms. The Morgan fingerprint density at radius 3 is 1.90 bits per heavy atom. The van der Waals surface area contributed by atoms with Crippen molar-refractivity contribution in [3.8, 4) is 5.75 Å². The Bertz CT molecular complexity index is 422. The predicted molar refractivity (Wildman–Crippen MR) is 89.1 cm³/mol. The minimum absolute atomic E-state index is 0.0414. The maximum Gasteiger partial charge on any atom is 0.0737 e. The van der Waals surface area contributed by atoms with E-state index in [4.69, 9.17) is 16.0 Å². The molecule has 0 atom stereocenters. The summed E-state index contributed by atoms with van der Waals surface area (Å²) in [6.07, 6.45) is 0. The predicted octanol–water partition coefficient (Wildman–Crippen LogP) is 5.39. The van der Waals surface area contributed by atoms with Crippen molar-refractivity contribution in [3.63, 3.8) is 0 Å². The Kier molecular flexibility index (Phi) is 6.11. The molecule has 0 saturated heterocycles. The molecule has 0 aliphatic heterocycles. The summed E-state index contributed by atoms with van der Waals surface area (Å²) in [7, 11) is -1.94. The molecule has 1 aromatic carbocycles. The Labute approximate surface area is 129 Å². The van der Waals surface area contributed by atoms with E-state index in [0.29, 0.717) is 21.6 Å². The van der Waals surface area contributed by atoms with Gasteiger partial charge in [-0.3, -0.25) is 0 Å². The first kappa shape index (κ1) is 17.5. The smallest absolute Gasteiger partial charge is 0.0737 e. The highest BCUT2D eigenvalue weighted by molar-refractivity contribution is 6.78. The minimum atomic E-state index is -1.94. The van der Waals surface area contributed by atoms with E-state index in [9.17, 15) is 5.11 Å². The molecule has 0 aliphatic carbocycles. The minimum Gasteiger partial charge on any atom is -0.688 e. The molecule has 1 N–H and O–H groups in total. The Balaban J connectivity index is 3.16. The van der Waals surface area contributed by atoms with Crippen molar-refractivity contribution >= 4 is 19.9 Å². The number of aliphatic hydroxyl groups excluding tert-OH is 1. The SMILES string of the molecule is CC(C)[Si-](Oc1ccc(CO)c(Cl)c1)(C(C)C)C(C)C. The van der Waals surface area contributed by atoms with Crippen LogP contribution in [-0.4, -0.2) is 13.4 Å². The van der Waals surface area contributed by atoms with Gasteiger partial charge in [-0.1, -0.05) is 59.2 Å². The van der Waals surface area contributed by atoms with Crippen LogP contribution < -0.4 is 4.43 Å². The molecule has 0 fully saturated rings. The maximum absolute atomic E-state index is 9.19. The van der Waals surface area contributed by atoms with Crippen molar-refractivity contribution in [2.45, 2.75) is 64.8 Å². The van der Waals surface area contributed by atoms with Crippen LogP contribution in [0.1, 0.15) is 47.1 Å². The van der Waals surface area contributed by atoms with Crippen molar-refractivity contribution in [1.82, 2.24) is 0 Å². The van der Waals surface area contributed by atoms with Gasteiger partial charge < -0.3 is 9.53 Å². The van der Waals surface area contributed by atoms with Crippen LogP contribution in [0.15, 0.2) is 18.2 Å². The number of rotatable bonds is 6. The molecule has 1 aromatic rings. The van der Waals surface area contributed by atoms with Gasteiger partial charge in [-0.15, -0.1) is 16.6 Å². The van der Waals surface area contributed by atoms with E-state index >= 15 is 0 Å². The Hall–Kier alpha value is -0.513. The van der Waals surface area contributed by atoms with Crippen molar-refractivity contribution in [2.75, 3.05) is 0 Å². The summed E-state index contributed by atoms with van der Waals surface area (Å²) in [5.74, 6) is 0.829. The second-order valence-corrected chi connectivity index (χ2v) is 12.1. The van der Waals surface area contributed by atoms with Gasteiger partial charge in [0.05, 0.1) is 12.4 Å². The van der Waals surface area contributed by atoms with Gasteiger partial charge in [0.2, 0.25) is 0 Å². The first-order valence-corrected chi connectivity index (χ1v) is 9.85. The van der Waals surface area contributed by atoms with Crippen LogP contribution in [-0.2, 0) is 6.61 Å². The third-order valence-electron chi connectivity index (χ3n) is 4.20. The number of benzene rings is 1. The van der Waals surface area contributed by atoms with Crippen LogP contribution in [0.5, 0.6) is 5.75 Å². The zero-order chi connectivity index (χ0) is 15.5. The fourth-order valence-electron chi connectivity index (χ4n) is 3.28. The molecule has 0 unspecified atom stereocenters. The van der Waals surface area contributed by atoms with Crippen LogP contribution in [0.4, 0.5) is 0 Å². The molecule has 115 valence electrons. The van der Waals surface area contributed by atoms with Gasteiger partial charge in [0.25, 0.3) is 0 Å². The number of halogens is 1. The van der Waals surface area contributed by atoms with Gasteiger partial charge in [0.1, 0.15) is 0 Å². The summed E-state index contributed by atoms with van der Waals surface area (Å²) in [6.45, 7) is 13.5. The highest BCUT2D eigenvalue weighted by Gasteiger charge is 2.34. The summed E-state index contributed by atoms with van der Waals surface area (Å²) < 4.78 is 6.54. The molecule has 0 aromatic heterocycles. The van der Waals surface area contributed by atoms with Crippen LogP contribution >= 0.6 is 11.6 Å². The number of hydrogen-bond acceptors (Lipinski definition) is 2. The van der Waals surface area contributed by atoms with Gasteiger partial charge in [0.15, 0.2) is 0 Å². The quantitative estimate of drug-likeness (QED) is 0.714. The largest absolute Gasteiger partial charge is 0.688 e. The van der Waals surface area contributed by atoms with Gasteiger partial charge in [0, 0.05) is 13.3 Å². The molecular formula is C16H27ClO2Si-. The summed E-state index contributed by atoms with van der Waals surface area (Å²) in [4.78, 5) is 0. The van der Waals surface area contributed by atoms with Gasteiger partial charge in [-0.2, -0.15) is 0 Å². The molecule has 0 amide bonds. The zero-order valence-electron chi connectivity index (χ0n) is 13.4. The average Bonchev–Trinajstić information content (AvgIpc) is 2.34. The lowest BCUT2D eigenvalue weighted by atomic mass is 10.2. The van der Waals surface area contributed by atoms with Gasteiger partial charge >= 0.3 is 0 Å². The van der Waals surface area contributed by atoms with Crippen LogP contribution in [0.3, 0.4) is 0 Å². The molecule has 0 saturated carbocycles. The van der Waals surface area contributed by atoms with Gasteiger partial charge in [-0.05, 0) is 17.7 Å². The van der Waals surface area contributed by atoms with E-state index < -0.39 is 8.32 Å². The fourth-order valence-corrected chi connectivity index (χ4v) is 8.75. The first-order chi connectivity index (χ1) is 9.25. The maximum atomic E-state index is 9.19. The molecule has 2 nitrogen and oxygen atoms in total. The summed E-state index contributed by atoms with van der Waals surface area (Å²) in [5.41, 5.74) is 2.32. The molecule has 0 heterocycles. The van der Waals surface area contributed by atoms with Crippen molar-refractivity contribution in [3.05, 3.63) is 28.8 Å². The molecule has 0 aliphatic rings. The molecule has 0 spiro atoms. The van der Waals surface area contributed by atoms with E-state index in [0.717, 1.165) is 11.3 Å². The topological polar surface area (TPSA) is 29.5 Å². The summed E-state index contributed by atoms with van der Waals surface area (Å²) in [5, 5.41) is 9.76. The molecule has 1 rings (SSSR count). The molecular weight excluding hydrogens is 288 g/mol. The van der Waals surface area contributed by atoms with Crippen molar-refractivity contribution in [1.29, 1.82) is 0 Å². The van der Waals surface area contributed by atoms with Gasteiger partial charge in [-0.25, -0.2) is 0 Å². The third kappa shape index (κ3) is 3.38. The number of aliphatic hydroxyl groups is 1. The van der Waals surface area contributed by atoms with Crippen LogP contribution in [0.25, 0.3) is 0 Å². The average molecular weight is 315 g/mol. The normalized spacial score (nSPS) is 12.6. The second-order valence-electron chi connectivity index (χ2n) is 6.33. The lowest BCUT2D eigenvalue weighted by Crippen LogP contribution is -2.50. The van der Waals surface area contributed by atoms with E-state index in [1.54, 1.807) is 0 Å². The summed E-state index contributed by atoms with van der Waals surface area (Å²) in [6, 6.07) is 5.60. The molecule has 0 radical (unpaired) electrons. The van der Waals surface area contributed by atoms with E-state index in [-0.39, 0.29) is 6.61 Å². The zero-order valence-corrected chi connectivity index (χ0v) is 15.2. The lowest BCUT2D eigenvalue weighted by Gasteiger charge is -2.54. The highest BCUT2D eigenvalue weighted by atomic mass is 35.5. The standard InChI is InChI=1S/C16H27ClO2Si/c1-11(2)20(12(3)4,13(5)6)19-15-8-7-14(10-18)16(17)9-15/h7-9,11-13,18H,10H2,1-6H3/q-1. The first-order valence-electron chi connectivity index (χ1n) is 7.34. The van der Waals surface area contributed by atoms with Crippen molar-refractivity contribution in [2.24, 2.45) is 0 Å². The second kappa shape index (κ2) is 6.97. The number of hydrogen-bond donors (Lipinski definition) is 1. The van der Waals surface area contributed by atoms with E-state index in [1.807, 2.05) is 18.2 Å².